The Morgan fingerprint density at radius 2 is 1.53 bits per heavy atom. The molecule has 0 atom stereocenters. The third-order valence-electron chi connectivity index (χ3n) is 2.14. The summed E-state index contributed by atoms with van der Waals surface area (Å²) in [4.78, 5) is 0. The quantitative estimate of drug-likeness (QED) is 0.812. The third kappa shape index (κ3) is 2.08. The summed E-state index contributed by atoms with van der Waals surface area (Å²) in [5.74, 6) is 0.274. The van der Waals surface area contributed by atoms with Gasteiger partial charge in [-0.25, -0.2) is 0 Å². The maximum Gasteiger partial charge on any atom is 0.124 e. The van der Waals surface area contributed by atoms with Crippen molar-refractivity contribution < 1.29 is 5.11 Å². The zero-order valence-corrected chi connectivity index (χ0v) is 10.9. The topological polar surface area (TPSA) is 20.2 Å². The highest BCUT2D eigenvalue weighted by Crippen LogP contribution is 2.40. The molecule has 0 aliphatic heterocycles. The van der Waals surface area contributed by atoms with Gasteiger partial charge in [-0.15, -0.1) is 0 Å². The van der Waals surface area contributed by atoms with Crippen molar-refractivity contribution in [1.82, 2.24) is 0 Å². The van der Waals surface area contributed by atoms with Crippen molar-refractivity contribution in [3.05, 3.63) is 51.4 Å². The third-order valence-corrected chi connectivity index (χ3v) is 4.15. The molecule has 3 heteroatoms. The summed E-state index contributed by atoms with van der Waals surface area (Å²) in [5, 5.41) is 9.82. The lowest BCUT2D eigenvalue weighted by Gasteiger charge is -2.08. The van der Waals surface area contributed by atoms with Crippen LogP contribution in [0.5, 0.6) is 5.75 Å². The molecule has 2 aromatic carbocycles. The summed E-state index contributed by atoms with van der Waals surface area (Å²) >= 11 is 6.88. The molecule has 1 N–H and O–H groups in total. The van der Waals surface area contributed by atoms with Crippen LogP contribution in [0.3, 0.4) is 0 Å². The number of halogens is 2. The highest BCUT2D eigenvalue weighted by atomic mass is 79.9. The van der Waals surface area contributed by atoms with E-state index in [-0.39, 0.29) is 5.75 Å². The van der Waals surface area contributed by atoms with Crippen molar-refractivity contribution in [3.63, 3.8) is 0 Å². The molecule has 0 aliphatic rings. The lowest BCUT2D eigenvalue weighted by molar-refractivity contribution is 0.477. The number of hydrogen-bond donors (Lipinski definition) is 1. The van der Waals surface area contributed by atoms with Gasteiger partial charge in [0.05, 0.1) is 0 Å². The molecule has 0 amide bonds. The smallest absolute Gasteiger partial charge is 0.124 e. The van der Waals surface area contributed by atoms with E-state index >= 15 is 0 Å². The van der Waals surface area contributed by atoms with E-state index in [9.17, 15) is 5.11 Å². The van der Waals surface area contributed by atoms with Gasteiger partial charge in [-0.2, -0.15) is 0 Å². The van der Waals surface area contributed by atoms with E-state index in [1.165, 1.54) is 0 Å². The van der Waals surface area contributed by atoms with Crippen LogP contribution in [0.25, 0.3) is 11.1 Å². The van der Waals surface area contributed by atoms with Gasteiger partial charge in [-0.3, -0.25) is 0 Å². The fourth-order valence-electron chi connectivity index (χ4n) is 1.42. The molecule has 76 valence electrons. The van der Waals surface area contributed by atoms with Crippen molar-refractivity contribution in [2.45, 2.75) is 0 Å². The van der Waals surface area contributed by atoms with Crippen LogP contribution in [0.4, 0.5) is 0 Å². The van der Waals surface area contributed by atoms with Crippen molar-refractivity contribution in [1.29, 1.82) is 0 Å². The van der Waals surface area contributed by atoms with Gasteiger partial charge in [0.2, 0.25) is 0 Å². The Balaban J connectivity index is 2.68. The van der Waals surface area contributed by atoms with Gasteiger partial charge in [0.15, 0.2) is 0 Å². The van der Waals surface area contributed by atoms with Crippen LogP contribution in [-0.4, -0.2) is 5.11 Å². The Morgan fingerprint density at radius 1 is 0.867 bits per heavy atom. The molecule has 0 aliphatic carbocycles. The van der Waals surface area contributed by atoms with Crippen molar-refractivity contribution in [2.24, 2.45) is 0 Å². The number of rotatable bonds is 1. The predicted octanol–water partition coefficient (Wildman–Crippen LogP) is 4.58. The number of hydrogen-bond acceptors (Lipinski definition) is 1. The Morgan fingerprint density at radius 3 is 2.20 bits per heavy atom. The average molecular weight is 328 g/mol. The monoisotopic (exact) mass is 326 g/mol. The van der Waals surface area contributed by atoms with E-state index in [4.69, 9.17) is 0 Å². The summed E-state index contributed by atoms with van der Waals surface area (Å²) in [7, 11) is 0. The Kier molecular flexibility index (Phi) is 3.12. The molecule has 0 fully saturated rings. The van der Waals surface area contributed by atoms with Crippen molar-refractivity contribution in [2.75, 3.05) is 0 Å². The molecule has 1 nitrogen and oxygen atoms in total. The minimum atomic E-state index is 0.274. The molecule has 2 aromatic rings. The van der Waals surface area contributed by atoms with Crippen LogP contribution in [0.15, 0.2) is 51.4 Å². The molecule has 0 aromatic heterocycles. The van der Waals surface area contributed by atoms with Gasteiger partial charge < -0.3 is 5.11 Å². The lowest BCUT2D eigenvalue weighted by Crippen LogP contribution is -1.82. The first-order chi connectivity index (χ1) is 7.20. The van der Waals surface area contributed by atoms with Crippen molar-refractivity contribution >= 4 is 31.9 Å². The highest BCUT2D eigenvalue weighted by Gasteiger charge is 2.10. The van der Waals surface area contributed by atoms with E-state index in [1.807, 2.05) is 36.4 Å². The predicted molar refractivity (Wildman–Crippen MR) is 68.9 cm³/mol. The van der Waals surface area contributed by atoms with Gasteiger partial charge in [0, 0.05) is 14.5 Å². The van der Waals surface area contributed by atoms with E-state index in [1.54, 1.807) is 6.07 Å². The van der Waals surface area contributed by atoms with Crippen molar-refractivity contribution in [3.8, 4) is 16.9 Å². The van der Waals surface area contributed by atoms with Crippen LogP contribution in [0.2, 0.25) is 0 Å². The van der Waals surface area contributed by atoms with Gasteiger partial charge in [-0.05, 0) is 49.6 Å². The van der Waals surface area contributed by atoms with Crippen LogP contribution in [-0.2, 0) is 0 Å². The lowest BCUT2D eigenvalue weighted by atomic mass is 10.1. The number of phenols is 1. The average Bonchev–Trinajstić information content (AvgIpc) is 2.26. The second-order valence-electron chi connectivity index (χ2n) is 3.12. The molecule has 0 heterocycles. The first-order valence-corrected chi connectivity index (χ1v) is 6.01. The largest absolute Gasteiger partial charge is 0.507 e. The zero-order chi connectivity index (χ0) is 10.8. The minimum absolute atomic E-state index is 0.274. The summed E-state index contributed by atoms with van der Waals surface area (Å²) in [5.41, 5.74) is 1.80. The molecule has 0 saturated heterocycles. The first kappa shape index (κ1) is 10.7. The van der Waals surface area contributed by atoms with E-state index < -0.39 is 0 Å². The molecule has 0 radical (unpaired) electrons. The number of phenolic OH excluding ortho intramolecular Hbond substituents is 1. The second-order valence-corrected chi connectivity index (χ2v) is 4.77. The van der Waals surface area contributed by atoms with Gasteiger partial charge in [0.25, 0.3) is 0 Å². The van der Waals surface area contributed by atoms with Crippen LogP contribution in [0.1, 0.15) is 0 Å². The standard InChI is InChI=1S/C12H8Br2O/c13-9-6-7-10(15)11(12(9)14)8-4-2-1-3-5-8/h1-7,15H. The minimum Gasteiger partial charge on any atom is -0.507 e. The molecular formula is C12H8Br2O. The van der Waals surface area contributed by atoms with Crippen LogP contribution in [0, 0.1) is 0 Å². The van der Waals surface area contributed by atoms with E-state index in [0.717, 1.165) is 20.1 Å². The highest BCUT2D eigenvalue weighted by molar-refractivity contribution is 9.13. The second kappa shape index (κ2) is 4.37. The molecule has 0 unspecified atom stereocenters. The van der Waals surface area contributed by atoms with E-state index in [2.05, 4.69) is 31.9 Å². The van der Waals surface area contributed by atoms with Gasteiger partial charge in [-0.1, -0.05) is 30.3 Å². The fraction of sp³-hybridized carbons (Fsp3) is 0. The Bertz CT molecular complexity index is 480. The first-order valence-electron chi connectivity index (χ1n) is 4.42. The number of benzene rings is 2. The molecule has 15 heavy (non-hydrogen) atoms. The van der Waals surface area contributed by atoms with Crippen LogP contribution >= 0.6 is 31.9 Å². The normalized spacial score (nSPS) is 10.3. The maximum absolute atomic E-state index is 9.82. The Hall–Kier alpha value is -0.800. The zero-order valence-electron chi connectivity index (χ0n) is 7.74. The molecule has 2 rings (SSSR count). The number of aromatic hydroxyl groups is 1. The summed E-state index contributed by atoms with van der Waals surface area (Å²) < 4.78 is 1.80. The molecule has 0 bridgehead atoms. The summed E-state index contributed by atoms with van der Waals surface area (Å²) in [6.07, 6.45) is 0. The summed E-state index contributed by atoms with van der Waals surface area (Å²) in [6.45, 7) is 0. The van der Waals surface area contributed by atoms with Gasteiger partial charge >= 0.3 is 0 Å². The molecular weight excluding hydrogens is 320 g/mol. The van der Waals surface area contributed by atoms with Gasteiger partial charge in [0.1, 0.15) is 5.75 Å². The Labute approximate surface area is 105 Å². The maximum atomic E-state index is 9.82. The van der Waals surface area contributed by atoms with Crippen LogP contribution < -0.4 is 0 Å². The fourth-order valence-corrected chi connectivity index (χ4v) is 2.31. The molecule has 0 saturated carbocycles. The van der Waals surface area contributed by atoms with E-state index in [0.29, 0.717) is 0 Å². The molecule has 0 spiro atoms. The SMILES string of the molecule is Oc1ccc(Br)c(Br)c1-c1ccccc1. The summed E-state index contributed by atoms with van der Waals surface area (Å²) in [6, 6.07) is 13.3.